The highest BCUT2D eigenvalue weighted by molar-refractivity contribution is 7.90. The Hall–Kier alpha value is -2.91. The number of likely N-dealkylation sites (tertiary alicyclic amines) is 3. The van der Waals surface area contributed by atoms with E-state index < -0.39 is 9.84 Å². The van der Waals surface area contributed by atoms with Gasteiger partial charge < -0.3 is 19.4 Å². The number of carbonyl (C=O) groups is 2. The van der Waals surface area contributed by atoms with E-state index in [1.165, 1.54) is 18.9 Å². The second-order valence-electron chi connectivity index (χ2n) is 11.1. The monoisotopic (exact) mass is 539 g/mol. The molecule has 5 rings (SSSR count). The smallest absolute Gasteiger partial charge is 0.409 e. The zero-order valence-corrected chi connectivity index (χ0v) is 23.0. The Bertz CT molecular complexity index is 1260. The Balaban J connectivity index is 1.19. The highest BCUT2D eigenvalue weighted by Gasteiger charge is 2.48. The van der Waals surface area contributed by atoms with E-state index in [0.29, 0.717) is 30.4 Å². The van der Waals surface area contributed by atoms with Gasteiger partial charge >= 0.3 is 6.09 Å². The van der Waals surface area contributed by atoms with Gasteiger partial charge in [0.2, 0.25) is 5.91 Å². The highest BCUT2D eigenvalue weighted by Crippen LogP contribution is 2.43. The summed E-state index contributed by atoms with van der Waals surface area (Å²) < 4.78 is 28.5. The quantitative estimate of drug-likeness (QED) is 0.559. The van der Waals surface area contributed by atoms with Crippen LogP contribution in [0.25, 0.3) is 0 Å². The maximum absolute atomic E-state index is 13.5. The summed E-state index contributed by atoms with van der Waals surface area (Å²) in [7, 11) is -1.80. The highest BCUT2D eigenvalue weighted by atomic mass is 32.2. The second-order valence-corrected chi connectivity index (χ2v) is 13.1. The lowest BCUT2D eigenvalue weighted by molar-refractivity contribution is -0.139. The summed E-state index contributed by atoms with van der Waals surface area (Å²) in [4.78, 5) is 32.3. The van der Waals surface area contributed by atoms with Crippen LogP contribution < -0.4 is 0 Å². The second kappa shape index (κ2) is 10.7. The Morgan fingerprint density at radius 3 is 2.26 bits per heavy atom. The van der Waals surface area contributed by atoms with Crippen molar-refractivity contribution in [3.05, 3.63) is 65.7 Å². The lowest BCUT2D eigenvalue weighted by Gasteiger charge is -2.39. The first-order valence-electron chi connectivity index (χ1n) is 13.4. The summed E-state index contributed by atoms with van der Waals surface area (Å²) in [6.45, 7) is 5.24. The number of hydrogen-bond acceptors (Lipinski definition) is 6. The van der Waals surface area contributed by atoms with Gasteiger partial charge in [-0.1, -0.05) is 42.5 Å². The molecule has 2 amide bonds. The van der Waals surface area contributed by atoms with Crippen LogP contribution in [-0.2, 0) is 25.9 Å². The SMILES string of the molecule is COC(=O)N1C[C@H](CN2CCC3(CC2)CCN(Cc2ccc(S(C)(=O)=O)cc2)C3=O)[C@@H](c2ccccc2)C1. The van der Waals surface area contributed by atoms with E-state index in [2.05, 4.69) is 29.2 Å². The lowest BCUT2D eigenvalue weighted by atomic mass is 9.76. The van der Waals surface area contributed by atoms with Crippen LogP contribution in [0.15, 0.2) is 59.5 Å². The van der Waals surface area contributed by atoms with Gasteiger partial charge in [0.25, 0.3) is 0 Å². The van der Waals surface area contributed by atoms with E-state index in [4.69, 9.17) is 4.74 Å². The van der Waals surface area contributed by atoms with Crippen LogP contribution in [0.4, 0.5) is 4.79 Å². The van der Waals surface area contributed by atoms with Crippen molar-refractivity contribution >= 4 is 21.8 Å². The van der Waals surface area contributed by atoms with E-state index in [1.54, 1.807) is 24.3 Å². The van der Waals surface area contributed by atoms with Crippen LogP contribution in [-0.4, -0.2) is 87.8 Å². The summed E-state index contributed by atoms with van der Waals surface area (Å²) in [5.74, 6) is 0.810. The van der Waals surface area contributed by atoms with Crippen molar-refractivity contribution in [2.45, 2.75) is 36.6 Å². The molecule has 9 heteroatoms. The fourth-order valence-electron chi connectivity index (χ4n) is 6.48. The molecule has 38 heavy (non-hydrogen) atoms. The number of hydrogen-bond donors (Lipinski definition) is 0. The average molecular weight is 540 g/mol. The Kier molecular flexibility index (Phi) is 7.51. The van der Waals surface area contributed by atoms with Gasteiger partial charge in [0.05, 0.1) is 17.4 Å². The summed E-state index contributed by atoms with van der Waals surface area (Å²) in [5.41, 5.74) is 1.91. The molecule has 3 aliphatic heterocycles. The molecule has 3 aliphatic rings. The molecule has 2 atom stereocenters. The number of amides is 2. The lowest BCUT2D eigenvalue weighted by Crippen LogP contribution is -2.46. The van der Waals surface area contributed by atoms with Crippen molar-refractivity contribution in [1.82, 2.24) is 14.7 Å². The number of methoxy groups -OCH3 is 1. The fraction of sp³-hybridized carbons (Fsp3) is 0.517. The predicted molar refractivity (Wildman–Crippen MR) is 144 cm³/mol. The van der Waals surface area contributed by atoms with Crippen LogP contribution in [0.2, 0.25) is 0 Å². The Labute approximate surface area is 225 Å². The molecule has 2 aromatic carbocycles. The van der Waals surface area contributed by atoms with E-state index in [0.717, 1.165) is 51.0 Å². The molecule has 0 saturated carbocycles. The van der Waals surface area contributed by atoms with E-state index >= 15 is 0 Å². The summed E-state index contributed by atoms with van der Waals surface area (Å²) in [5, 5.41) is 0. The minimum Gasteiger partial charge on any atom is -0.453 e. The Morgan fingerprint density at radius 2 is 1.63 bits per heavy atom. The van der Waals surface area contributed by atoms with Gasteiger partial charge in [0.1, 0.15) is 0 Å². The third-order valence-corrected chi connectivity index (χ3v) is 9.86. The van der Waals surface area contributed by atoms with Crippen LogP contribution >= 0.6 is 0 Å². The van der Waals surface area contributed by atoms with Crippen LogP contribution in [0.5, 0.6) is 0 Å². The Morgan fingerprint density at radius 1 is 0.974 bits per heavy atom. The minimum absolute atomic E-state index is 0.226. The molecular formula is C29H37N3O5S. The number of sulfone groups is 1. The normalized spacial score (nSPS) is 23.8. The van der Waals surface area contributed by atoms with E-state index in [9.17, 15) is 18.0 Å². The topological polar surface area (TPSA) is 87.2 Å². The molecule has 0 aliphatic carbocycles. The number of piperidine rings is 1. The minimum atomic E-state index is -3.23. The van der Waals surface area contributed by atoms with Gasteiger partial charge in [0, 0.05) is 44.9 Å². The zero-order chi connectivity index (χ0) is 26.9. The molecule has 0 radical (unpaired) electrons. The van der Waals surface area contributed by atoms with Gasteiger partial charge in [-0.3, -0.25) is 4.79 Å². The number of benzene rings is 2. The average Bonchev–Trinajstić information content (AvgIpc) is 3.47. The summed E-state index contributed by atoms with van der Waals surface area (Å²) in [6.07, 6.45) is 3.49. The van der Waals surface area contributed by atoms with Gasteiger partial charge in [-0.05, 0) is 61.5 Å². The zero-order valence-electron chi connectivity index (χ0n) is 22.2. The number of carbonyl (C=O) groups excluding carboxylic acids is 2. The molecule has 3 saturated heterocycles. The van der Waals surface area contributed by atoms with Crippen molar-refractivity contribution in [2.24, 2.45) is 11.3 Å². The van der Waals surface area contributed by atoms with Crippen molar-refractivity contribution in [3.8, 4) is 0 Å². The first kappa shape index (κ1) is 26.7. The van der Waals surface area contributed by atoms with Gasteiger partial charge in [0.15, 0.2) is 9.84 Å². The molecule has 0 bridgehead atoms. The van der Waals surface area contributed by atoms with Crippen molar-refractivity contribution < 1.29 is 22.7 Å². The molecule has 204 valence electrons. The van der Waals surface area contributed by atoms with Crippen molar-refractivity contribution in [1.29, 1.82) is 0 Å². The molecule has 0 unspecified atom stereocenters. The number of rotatable bonds is 6. The molecule has 8 nitrogen and oxygen atoms in total. The van der Waals surface area contributed by atoms with Gasteiger partial charge in [-0.15, -0.1) is 0 Å². The van der Waals surface area contributed by atoms with E-state index in [1.807, 2.05) is 15.9 Å². The van der Waals surface area contributed by atoms with Crippen LogP contribution in [0.3, 0.4) is 0 Å². The maximum Gasteiger partial charge on any atom is 0.409 e. The van der Waals surface area contributed by atoms with E-state index in [-0.39, 0.29) is 23.3 Å². The third-order valence-electron chi connectivity index (χ3n) is 8.73. The molecule has 0 aromatic heterocycles. The largest absolute Gasteiger partial charge is 0.453 e. The molecule has 3 fully saturated rings. The third kappa shape index (κ3) is 5.45. The van der Waals surface area contributed by atoms with Crippen molar-refractivity contribution in [3.63, 3.8) is 0 Å². The van der Waals surface area contributed by atoms with Gasteiger partial charge in [-0.2, -0.15) is 0 Å². The molecule has 2 aromatic rings. The summed E-state index contributed by atoms with van der Waals surface area (Å²) in [6, 6.07) is 17.2. The summed E-state index contributed by atoms with van der Waals surface area (Å²) >= 11 is 0. The predicted octanol–water partition coefficient (Wildman–Crippen LogP) is 3.39. The molecule has 0 N–H and O–H groups in total. The first-order chi connectivity index (χ1) is 18.2. The molecule has 1 spiro atoms. The first-order valence-corrected chi connectivity index (χ1v) is 15.3. The molecule has 3 heterocycles. The van der Waals surface area contributed by atoms with Crippen molar-refractivity contribution in [2.75, 3.05) is 52.6 Å². The van der Waals surface area contributed by atoms with Crippen LogP contribution in [0, 0.1) is 11.3 Å². The standard InChI is InChI=1S/C29H37N3O5S/c1-37-28(34)32-20-24(26(21-32)23-6-4-3-5-7-23)19-30-15-12-29(13-16-30)14-17-31(27(29)33)18-22-8-10-25(11-9-22)38(2,35)36/h3-11,24,26H,12-21H2,1-2H3/t24-,26+/m0/s1. The fourth-order valence-corrected chi connectivity index (χ4v) is 7.11. The van der Waals surface area contributed by atoms with Gasteiger partial charge in [-0.25, -0.2) is 13.2 Å². The van der Waals surface area contributed by atoms with Crippen LogP contribution in [0.1, 0.15) is 36.3 Å². The maximum atomic E-state index is 13.5. The number of ether oxygens (including phenoxy) is 1. The molecular weight excluding hydrogens is 502 g/mol. The number of nitrogens with zero attached hydrogens (tertiary/aromatic N) is 3.